The lowest BCUT2D eigenvalue weighted by molar-refractivity contribution is -0.148. The van der Waals surface area contributed by atoms with E-state index < -0.39 is 60.3 Å². The Morgan fingerprint density at radius 1 is 0.728 bits per heavy atom. The highest BCUT2D eigenvalue weighted by Gasteiger charge is 2.44. The molecule has 5 aromatic carbocycles. The Bertz CT molecular complexity index is 3600. The third-order valence-corrected chi connectivity index (χ3v) is 20.0. The first kappa shape index (κ1) is 70.6. The van der Waals surface area contributed by atoms with Crippen LogP contribution in [0.2, 0.25) is 0 Å². The fourth-order valence-corrected chi connectivity index (χ4v) is 14.1. The van der Waals surface area contributed by atoms with Gasteiger partial charge in [0.15, 0.2) is 0 Å². The van der Waals surface area contributed by atoms with E-state index in [0.717, 1.165) is 38.5 Å². The van der Waals surface area contributed by atoms with Gasteiger partial charge >= 0.3 is 0 Å². The van der Waals surface area contributed by atoms with Crippen LogP contribution >= 0.6 is 11.6 Å². The summed E-state index contributed by atoms with van der Waals surface area (Å²) < 4.78 is 12.2. The molecule has 3 heterocycles. The zero-order valence-electron chi connectivity index (χ0n) is 56.7. The van der Waals surface area contributed by atoms with Crippen molar-refractivity contribution in [1.29, 1.82) is 0 Å². The average molecular weight is 1280 g/mol. The summed E-state index contributed by atoms with van der Waals surface area (Å²) in [5.41, 5.74) is 7.86. The molecule has 1 aromatic heterocycles. The number of carbonyl (C=O) groups is 6. The van der Waals surface area contributed by atoms with Gasteiger partial charge in [-0.1, -0.05) is 137 Å². The van der Waals surface area contributed by atoms with E-state index in [-0.39, 0.29) is 71.3 Å². The first-order valence-electron chi connectivity index (χ1n) is 32.8. The summed E-state index contributed by atoms with van der Waals surface area (Å²) in [5, 5.41) is 31.6. The average Bonchev–Trinajstić information content (AvgIpc) is 1.55. The number of anilines is 1. The Morgan fingerprint density at radius 3 is 1.97 bits per heavy atom. The number of phenolic OH excluding ortho intramolecular Hbond substituents is 1. The van der Waals surface area contributed by atoms with Crippen LogP contribution in [-0.4, -0.2) is 155 Å². The van der Waals surface area contributed by atoms with Crippen LogP contribution in [-0.2, 0) is 28.7 Å². The number of H-pyrrole nitrogens is 1. The van der Waals surface area contributed by atoms with Crippen LogP contribution in [0.5, 0.6) is 5.75 Å². The number of alkyl halides is 1. The molecule has 1 saturated heterocycles. The predicted molar refractivity (Wildman–Crippen MR) is 365 cm³/mol. The van der Waals surface area contributed by atoms with E-state index in [2.05, 4.69) is 55.4 Å². The van der Waals surface area contributed by atoms with Crippen molar-refractivity contribution in [3.05, 3.63) is 131 Å². The number of aromatic hydroxyl groups is 1. The van der Waals surface area contributed by atoms with E-state index in [4.69, 9.17) is 21.1 Å². The Balaban J connectivity index is 0.908. The van der Waals surface area contributed by atoms with Crippen LogP contribution in [0.25, 0.3) is 32.8 Å². The lowest BCUT2D eigenvalue weighted by atomic mass is 9.89. The van der Waals surface area contributed by atoms with Gasteiger partial charge in [-0.15, -0.1) is 11.6 Å². The van der Waals surface area contributed by atoms with E-state index >= 15 is 0 Å². The number of hydrogen-bond acceptors (Lipinski definition) is 10. The summed E-state index contributed by atoms with van der Waals surface area (Å²) >= 11 is 6.66. The summed E-state index contributed by atoms with van der Waals surface area (Å²) in [6.45, 7) is 24.2. The highest BCUT2D eigenvalue weighted by Crippen LogP contribution is 2.47. The van der Waals surface area contributed by atoms with E-state index in [1.165, 1.54) is 24.7 Å². The number of phenols is 1. The van der Waals surface area contributed by atoms with Crippen LogP contribution < -0.4 is 15.5 Å². The lowest BCUT2D eigenvalue weighted by Gasteiger charge is -2.41. The van der Waals surface area contributed by atoms with Crippen LogP contribution in [0.3, 0.4) is 0 Å². The van der Waals surface area contributed by atoms with Gasteiger partial charge in [0.05, 0.1) is 54.5 Å². The molecule has 0 bridgehead atoms. The monoisotopic (exact) mass is 1280 g/mol. The number of nitrogens with zero attached hydrogens (tertiary/aromatic N) is 4. The van der Waals surface area contributed by atoms with Crippen LogP contribution in [0.1, 0.15) is 176 Å². The second kappa shape index (κ2) is 30.2. The first-order chi connectivity index (χ1) is 43.6. The quantitative estimate of drug-likeness (QED) is 0.0324. The summed E-state index contributed by atoms with van der Waals surface area (Å²) in [6, 6.07) is 26.8. The number of hydrogen-bond donors (Lipinski definition) is 5. The number of aliphatic hydroxyl groups excluding tert-OH is 1. The SMILES string of the molecule is CC[C@H](C)[C@@H]([C@@H](CC(=O)N1CCC[C@H]1[C@H](OC)[C@@H](C)C(=O)N[C@H](C)[C@@H](O)c1ccc(-c2ccc3c(O)cc4c(c3c2)[C@H](CCl)CN4C(=O)c2cc3cc(C(C)C)ccc3[nH]2)cc1)OC)N(C)C(=O)[C@@H](NC(=O)[C@H](C(C)C)N(C)C(=O)c1ccc(C(C)C)cc1)C(C)C. The molecule has 6 amide bonds. The molecule has 18 heteroatoms. The molecule has 496 valence electrons. The molecular formula is C74H98ClN7O10. The summed E-state index contributed by atoms with van der Waals surface area (Å²) in [4.78, 5) is 95.9. The van der Waals surface area contributed by atoms with Gasteiger partial charge in [0, 0.05) is 81.1 Å². The molecule has 92 heavy (non-hydrogen) atoms. The minimum atomic E-state index is -1.08. The number of halogens is 1. The Labute approximate surface area is 548 Å². The van der Waals surface area contributed by atoms with E-state index in [9.17, 15) is 39.0 Å². The number of fused-ring (bicyclic) bond motifs is 4. The van der Waals surface area contributed by atoms with Crippen molar-refractivity contribution < 1.29 is 48.5 Å². The van der Waals surface area contributed by atoms with Gasteiger partial charge in [-0.05, 0) is 125 Å². The maximum Gasteiger partial charge on any atom is 0.274 e. The van der Waals surface area contributed by atoms with Gasteiger partial charge in [0.25, 0.3) is 11.8 Å². The van der Waals surface area contributed by atoms with E-state index in [1.54, 1.807) is 60.8 Å². The molecule has 2 aliphatic heterocycles. The molecule has 11 atom stereocenters. The standard InChI is InChI=1S/C74H98ClN7O10/c1-17-44(10)67(80(14)74(90)65(42(6)7)78-71(87)66(43(8)9)79(13)72(88)50-26-20-47(21-27-50)40(2)3)62(91-15)37-63(84)81-32-18-19-59(81)69(92-16)45(11)70(86)76-46(12)68(85)49-24-22-48(23-25-49)52-28-30-55-56(34-52)64-54(38-75)39-82(60(64)36-61(55)83)73(89)58-35-53-33-51(41(4)5)29-31-57(53)77-58/h20-31,33-36,40-46,54,59,62,65-69,77,83,85H,17-19,32,37-39H2,1-16H3,(H,76,86)(H,78,87)/t44-,45+,46+,54+,59-,62+,65-,66-,67-,68+,69+/m0/s1. The number of likely N-dealkylation sites (tertiary alicyclic amines) is 1. The Kier molecular flexibility index (Phi) is 23.1. The van der Waals surface area contributed by atoms with Crippen molar-refractivity contribution >= 4 is 74.4 Å². The molecule has 0 spiro atoms. The lowest BCUT2D eigenvalue weighted by Crippen LogP contribution is -2.60. The largest absolute Gasteiger partial charge is 0.507 e. The second-order valence-corrected chi connectivity index (χ2v) is 27.4. The topological polar surface area (TPSA) is 214 Å². The van der Waals surface area contributed by atoms with Crippen molar-refractivity contribution in [2.45, 2.75) is 175 Å². The zero-order valence-corrected chi connectivity index (χ0v) is 57.4. The molecule has 0 saturated carbocycles. The number of rotatable bonds is 26. The van der Waals surface area contributed by atoms with Crippen molar-refractivity contribution in [3.8, 4) is 16.9 Å². The summed E-state index contributed by atoms with van der Waals surface area (Å²) in [6.07, 6.45) is -0.652. The normalized spacial score (nSPS) is 18.0. The molecule has 1 fully saturated rings. The number of methoxy groups -OCH3 is 2. The molecule has 0 aliphatic carbocycles. The van der Waals surface area contributed by atoms with Crippen molar-refractivity contribution in [1.82, 2.24) is 30.3 Å². The maximum absolute atomic E-state index is 14.8. The predicted octanol–water partition coefficient (Wildman–Crippen LogP) is 12.3. The van der Waals surface area contributed by atoms with Gasteiger partial charge < -0.3 is 54.9 Å². The third-order valence-electron chi connectivity index (χ3n) is 19.6. The summed E-state index contributed by atoms with van der Waals surface area (Å²) in [5.74, 6) is -2.58. The number of aliphatic hydroxyl groups is 1. The number of amides is 6. The Hall–Kier alpha value is -7.31. The van der Waals surface area contributed by atoms with E-state index in [1.807, 2.05) is 108 Å². The van der Waals surface area contributed by atoms with Crippen LogP contribution in [0.4, 0.5) is 5.69 Å². The van der Waals surface area contributed by atoms with Crippen LogP contribution in [0.15, 0.2) is 97.1 Å². The van der Waals surface area contributed by atoms with Gasteiger partial charge in [0.1, 0.15) is 23.5 Å². The van der Waals surface area contributed by atoms with Crippen LogP contribution in [0, 0.1) is 23.7 Å². The van der Waals surface area contributed by atoms with Gasteiger partial charge in [-0.2, -0.15) is 0 Å². The fourth-order valence-electron chi connectivity index (χ4n) is 13.9. The number of aromatic nitrogens is 1. The van der Waals surface area contributed by atoms with Gasteiger partial charge in [0.2, 0.25) is 23.6 Å². The minimum absolute atomic E-state index is 0.0508. The van der Waals surface area contributed by atoms with Gasteiger partial charge in [-0.3, -0.25) is 28.8 Å². The van der Waals surface area contributed by atoms with Gasteiger partial charge in [-0.25, -0.2) is 0 Å². The molecular weight excluding hydrogens is 1180 g/mol. The molecule has 0 unspecified atom stereocenters. The maximum atomic E-state index is 14.8. The Morgan fingerprint density at radius 2 is 1.37 bits per heavy atom. The third kappa shape index (κ3) is 14.9. The molecule has 5 N–H and O–H groups in total. The van der Waals surface area contributed by atoms with Crippen molar-refractivity contribution in [2.24, 2.45) is 23.7 Å². The number of carbonyl (C=O) groups excluding carboxylic acids is 6. The number of ether oxygens (including phenoxy) is 2. The highest BCUT2D eigenvalue weighted by atomic mass is 35.5. The van der Waals surface area contributed by atoms with Crippen molar-refractivity contribution in [2.75, 3.05) is 52.2 Å². The molecule has 8 rings (SSSR count). The molecule has 6 aromatic rings. The first-order valence-corrected chi connectivity index (χ1v) is 33.4. The van der Waals surface area contributed by atoms with Crippen molar-refractivity contribution in [3.63, 3.8) is 0 Å². The fraction of sp³-hybridized carbons (Fsp3) is 0.514. The molecule has 17 nitrogen and oxygen atoms in total. The highest BCUT2D eigenvalue weighted by molar-refractivity contribution is 6.19. The number of likely N-dealkylation sites (N-methyl/N-ethyl adjacent to an activating group) is 2. The summed E-state index contributed by atoms with van der Waals surface area (Å²) in [7, 11) is 6.37. The minimum Gasteiger partial charge on any atom is -0.507 e. The smallest absolute Gasteiger partial charge is 0.274 e. The second-order valence-electron chi connectivity index (χ2n) is 27.1. The zero-order chi connectivity index (χ0) is 67.3. The number of nitrogens with one attached hydrogen (secondary N) is 3. The number of aromatic amines is 1. The molecule has 2 aliphatic rings. The number of benzene rings is 5. The molecule has 0 radical (unpaired) electrons. The van der Waals surface area contributed by atoms with E-state index in [0.29, 0.717) is 72.1 Å².